The molecule has 1 fully saturated rings. The second-order valence-electron chi connectivity index (χ2n) is 5.55. The second kappa shape index (κ2) is 6.31. The van der Waals surface area contributed by atoms with Crippen LogP contribution < -0.4 is 9.64 Å². The van der Waals surface area contributed by atoms with Gasteiger partial charge in [0.2, 0.25) is 0 Å². The van der Waals surface area contributed by atoms with E-state index in [4.69, 9.17) is 4.74 Å². The Kier molecular flexibility index (Phi) is 4.25. The summed E-state index contributed by atoms with van der Waals surface area (Å²) in [6.45, 7) is 1.24. The number of aliphatic hydroxyl groups excluding tert-OH is 1. The number of hydrogen-bond donors (Lipinski definition) is 1. The Hall–Kier alpha value is -1.81. The molecule has 0 aliphatic carbocycles. The minimum atomic E-state index is 0.231. The number of hydrogen-bond acceptors (Lipinski definition) is 4. The highest BCUT2D eigenvalue weighted by Crippen LogP contribution is 2.34. The minimum absolute atomic E-state index is 0.231. The van der Waals surface area contributed by atoms with Gasteiger partial charge < -0.3 is 14.7 Å². The van der Waals surface area contributed by atoms with Crippen LogP contribution in [0.15, 0.2) is 30.5 Å². The number of ether oxygens (including phenoxy) is 1. The van der Waals surface area contributed by atoms with Crippen LogP contribution in [0.1, 0.15) is 25.7 Å². The van der Waals surface area contributed by atoms with Crippen molar-refractivity contribution in [1.29, 1.82) is 0 Å². The van der Waals surface area contributed by atoms with Crippen LogP contribution in [0.5, 0.6) is 5.75 Å². The van der Waals surface area contributed by atoms with E-state index in [2.05, 4.69) is 16.0 Å². The third-order valence-electron chi connectivity index (χ3n) is 4.33. The normalized spacial score (nSPS) is 19.0. The number of aromatic nitrogens is 1. The number of rotatable bonds is 4. The van der Waals surface area contributed by atoms with Gasteiger partial charge in [0.15, 0.2) is 0 Å². The zero-order valence-electron chi connectivity index (χ0n) is 12.5. The van der Waals surface area contributed by atoms with E-state index in [1.807, 2.05) is 24.4 Å². The summed E-state index contributed by atoms with van der Waals surface area (Å²) in [5, 5.41) is 11.5. The SMILES string of the molecule is COc1cccc2c(N3CCCCC3CCO)nccc12. The molecule has 1 N–H and O–H groups in total. The van der Waals surface area contributed by atoms with Crippen LogP contribution in [-0.2, 0) is 0 Å². The van der Waals surface area contributed by atoms with Gasteiger partial charge in [-0.3, -0.25) is 0 Å². The fourth-order valence-electron chi connectivity index (χ4n) is 3.30. The first-order valence-corrected chi connectivity index (χ1v) is 7.64. The van der Waals surface area contributed by atoms with Gasteiger partial charge in [-0.15, -0.1) is 0 Å². The summed E-state index contributed by atoms with van der Waals surface area (Å²) in [5.41, 5.74) is 0. The summed E-state index contributed by atoms with van der Waals surface area (Å²) in [6, 6.07) is 8.48. The lowest BCUT2D eigenvalue weighted by atomic mass is 9.98. The van der Waals surface area contributed by atoms with Crippen molar-refractivity contribution in [2.24, 2.45) is 0 Å². The standard InChI is InChI=1S/C17H22N2O2/c1-21-16-7-4-6-15-14(16)8-10-18-17(15)19-11-3-2-5-13(19)9-12-20/h4,6-8,10,13,20H,2-3,5,9,11-12H2,1H3. The number of pyridine rings is 1. The number of benzene rings is 1. The minimum Gasteiger partial charge on any atom is -0.496 e. The van der Waals surface area contributed by atoms with E-state index in [1.54, 1.807) is 7.11 Å². The average Bonchev–Trinajstić information content (AvgIpc) is 2.54. The van der Waals surface area contributed by atoms with E-state index in [-0.39, 0.29) is 6.61 Å². The quantitative estimate of drug-likeness (QED) is 0.938. The molecule has 2 heterocycles. The maximum Gasteiger partial charge on any atom is 0.136 e. The summed E-state index contributed by atoms with van der Waals surface area (Å²) in [7, 11) is 1.70. The molecule has 1 aromatic heterocycles. The monoisotopic (exact) mass is 286 g/mol. The van der Waals surface area contributed by atoms with Crippen LogP contribution in [0.25, 0.3) is 10.8 Å². The van der Waals surface area contributed by atoms with Crippen molar-refractivity contribution in [3.05, 3.63) is 30.5 Å². The lowest BCUT2D eigenvalue weighted by molar-refractivity contribution is 0.262. The van der Waals surface area contributed by atoms with E-state index in [0.29, 0.717) is 6.04 Å². The van der Waals surface area contributed by atoms with Gasteiger partial charge in [0.05, 0.1) is 7.11 Å². The van der Waals surface area contributed by atoms with E-state index < -0.39 is 0 Å². The van der Waals surface area contributed by atoms with Crippen LogP contribution in [0.4, 0.5) is 5.82 Å². The highest BCUT2D eigenvalue weighted by atomic mass is 16.5. The van der Waals surface area contributed by atoms with Crippen molar-refractivity contribution < 1.29 is 9.84 Å². The predicted octanol–water partition coefficient (Wildman–Crippen LogP) is 2.98. The van der Waals surface area contributed by atoms with Crippen molar-refractivity contribution in [1.82, 2.24) is 4.98 Å². The van der Waals surface area contributed by atoms with Crippen molar-refractivity contribution in [3.63, 3.8) is 0 Å². The molecule has 1 unspecified atom stereocenters. The topological polar surface area (TPSA) is 45.6 Å². The first kappa shape index (κ1) is 14.1. The predicted molar refractivity (Wildman–Crippen MR) is 85.0 cm³/mol. The third kappa shape index (κ3) is 2.68. The third-order valence-corrected chi connectivity index (χ3v) is 4.33. The van der Waals surface area contributed by atoms with Crippen LogP contribution in [0, 0.1) is 0 Å². The molecular formula is C17H22N2O2. The largest absolute Gasteiger partial charge is 0.496 e. The lowest BCUT2D eigenvalue weighted by Crippen LogP contribution is -2.40. The second-order valence-corrected chi connectivity index (χ2v) is 5.55. The molecule has 1 aliphatic rings. The molecule has 0 amide bonds. The Bertz CT molecular complexity index is 613. The molecule has 112 valence electrons. The molecule has 2 aromatic rings. The molecule has 1 aliphatic heterocycles. The van der Waals surface area contributed by atoms with Gasteiger partial charge in [0, 0.05) is 36.2 Å². The van der Waals surface area contributed by atoms with E-state index in [9.17, 15) is 5.11 Å². The number of anilines is 1. The molecular weight excluding hydrogens is 264 g/mol. The van der Waals surface area contributed by atoms with E-state index in [1.165, 1.54) is 12.8 Å². The first-order valence-electron chi connectivity index (χ1n) is 7.64. The molecule has 21 heavy (non-hydrogen) atoms. The molecule has 0 bridgehead atoms. The maximum atomic E-state index is 9.31. The van der Waals surface area contributed by atoms with Gasteiger partial charge in [-0.1, -0.05) is 12.1 Å². The first-order chi connectivity index (χ1) is 10.3. The van der Waals surface area contributed by atoms with Crippen molar-refractivity contribution in [2.75, 3.05) is 25.2 Å². The van der Waals surface area contributed by atoms with Crippen LogP contribution >= 0.6 is 0 Å². The maximum absolute atomic E-state index is 9.31. The average molecular weight is 286 g/mol. The molecule has 4 nitrogen and oxygen atoms in total. The van der Waals surface area contributed by atoms with Crippen molar-refractivity contribution in [3.8, 4) is 5.75 Å². The number of methoxy groups -OCH3 is 1. The van der Waals surface area contributed by atoms with Crippen LogP contribution in [0.3, 0.4) is 0 Å². The summed E-state index contributed by atoms with van der Waals surface area (Å²) in [4.78, 5) is 6.99. The van der Waals surface area contributed by atoms with Gasteiger partial charge >= 0.3 is 0 Å². The molecule has 4 heteroatoms. The Balaban J connectivity index is 2.06. The number of piperidine rings is 1. The Morgan fingerprint density at radius 1 is 1.29 bits per heavy atom. The number of fused-ring (bicyclic) bond motifs is 1. The highest BCUT2D eigenvalue weighted by molar-refractivity contribution is 5.96. The fourth-order valence-corrected chi connectivity index (χ4v) is 3.30. The molecule has 0 saturated carbocycles. The zero-order chi connectivity index (χ0) is 14.7. The Labute approximate surface area is 125 Å². The highest BCUT2D eigenvalue weighted by Gasteiger charge is 2.24. The summed E-state index contributed by atoms with van der Waals surface area (Å²) >= 11 is 0. The lowest BCUT2D eigenvalue weighted by Gasteiger charge is -2.37. The molecule has 1 saturated heterocycles. The van der Waals surface area contributed by atoms with Crippen molar-refractivity contribution >= 4 is 16.6 Å². The van der Waals surface area contributed by atoms with Gasteiger partial charge in [0.25, 0.3) is 0 Å². The van der Waals surface area contributed by atoms with Gasteiger partial charge in [-0.2, -0.15) is 0 Å². The number of aliphatic hydroxyl groups is 1. The molecule has 1 atom stereocenters. The Morgan fingerprint density at radius 2 is 2.19 bits per heavy atom. The van der Waals surface area contributed by atoms with E-state index in [0.717, 1.165) is 41.7 Å². The molecule has 0 radical (unpaired) electrons. The molecule has 1 aromatic carbocycles. The van der Waals surface area contributed by atoms with E-state index >= 15 is 0 Å². The van der Waals surface area contributed by atoms with Gasteiger partial charge in [-0.05, 0) is 37.8 Å². The van der Waals surface area contributed by atoms with Gasteiger partial charge in [0.1, 0.15) is 11.6 Å². The fraction of sp³-hybridized carbons (Fsp3) is 0.471. The Morgan fingerprint density at radius 3 is 3.00 bits per heavy atom. The summed E-state index contributed by atoms with van der Waals surface area (Å²) in [5.74, 6) is 1.90. The summed E-state index contributed by atoms with van der Waals surface area (Å²) < 4.78 is 5.46. The van der Waals surface area contributed by atoms with Crippen LogP contribution in [-0.4, -0.2) is 36.4 Å². The van der Waals surface area contributed by atoms with Crippen molar-refractivity contribution in [2.45, 2.75) is 31.7 Å². The van der Waals surface area contributed by atoms with Crippen LogP contribution in [0.2, 0.25) is 0 Å². The number of nitrogens with zero attached hydrogens (tertiary/aromatic N) is 2. The zero-order valence-corrected chi connectivity index (χ0v) is 12.5. The smallest absolute Gasteiger partial charge is 0.136 e. The molecule has 3 rings (SSSR count). The molecule has 0 spiro atoms. The van der Waals surface area contributed by atoms with Gasteiger partial charge in [-0.25, -0.2) is 4.98 Å². The summed E-state index contributed by atoms with van der Waals surface area (Å²) in [6.07, 6.45) is 6.20.